The van der Waals surface area contributed by atoms with Crippen LogP contribution in [0.4, 0.5) is 0 Å². The predicted octanol–water partition coefficient (Wildman–Crippen LogP) is 2.91. The molecule has 0 saturated heterocycles. The van der Waals surface area contributed by atoms with Gasteiger partial charge in [0.1, 0.15) is 6.33 Å². The molecule has 1 aromatic carbocycles. The van der Waals surface area contributed by atoms with Gasteiger partial charge in [-0.3, -0.25) is 0 Å². The SMILES string of the molecule is Cc1ccccc1-c1nncn1CC(C)C. The standard InChI is InChI=1S/C13H17N3/c1-10(2)8-16-9-14-15-13(16)12-7-5-4-6-11(12)3/h4-7,9-10H,8H2,1-3H3. The third-order valence-electron chi connectivity index (χ3n) is 2.56. The molecule has 2 rings (SSSR count). The molecule has 1 heterocycles. The first kappa shape index (κ1) is 10.9. The second-order valence-corrected chi connectivity index (χ2v) is 4.52. The highest BCUT2D eigenvalue weighted by molar-refractivity contribution is 5.59. The fourth-order valence-electron chi connectivity index (χ4n) is 1.81. The van der Waals surface area contributed by atoms with Crippen LogP contribution in [0.5, 0.6) is 0 Å². The van der Waals surface area contributed by atoms with Crippen molar-refractivity contribution in [3.8, 4) is 11.4 Å². The molecule has 2 aromatic rings. The number of rotatable bonds is 3. The van der Waals surface area contributed by atoms with E-state index in [0.717, 1.165) is 12.4 Å². The largest absolute Gasteiger partial charge is 0.313 e. The van der Waals surface area contributed by atoms with E-state index in [0.29, 0.717) is 5.92 Å². The maximum Gasteiger partial charge on any atom is 0.164 e. The van der Waals surface area contributed by atoms with Gasteiger partial charge in [-0.05, 0) is 18.4 Å². The molecule has 0 aliphatic carbocycles. The lowest BCUT2D eigenvalue weighted by molar-refractivity contribution is 0.525. The molecule has 0 bridgehead atoms. The van der Waals surface area contributed by atoms with Crippen molar-refractivity contribution >= 4 is 0 Å². The number of aryl methyl sites for hydroxylation is 1. The molecule has 1 aromatic heterocycles. The predicted molar refractivity (Wildman–Crippen MR) is 65.0 cm³/mol. The summed E-state index contributed by atoms with van der Waals surface area (Å²) >= 11 is 0. The molecule has 0 radical (unpaired) electrons. The minimum absolute atomic E-state index is 0.596. The van der Waals surface area contributed by atoms with Crippen molar-refractivity contribution in [3.05, 3.63) is 36.2 Å². The third kappa shape index (κ3) is 2.13. The van der Waals surface area contributed by atoms with Gasteiger partial charge >= 0.3 is 0 Å². The first-order valence-electron chi connectivity index (χ1n) is 5.62. The van der Waals surface area contributed by atoms with Crippen LogP contribution in [0.25, 0.3) is 11.4 Å². The van der Waals surface area contributed by atoms with E-state index >= 15 is 0 Å². The van der Waals surface area contributed by atoms with Crippen LogP contribution >= 0.6 is 0 Å². The number of nitrogens with zero attached hydrogens (tertiary/aromatic N) is 3. The summed E-state index contributed by atoms with van der Waals surface area (Å²) in [5, 5.41) is 8.22. The van der Waals surface area contributed by atoms with E-state index in [9.17, 15) is 0 Å². The Morgan fingerprint density at radius 1 is 1.25 bits per heavy atom. The van der Waals surface area contributed by atoms with Crippen LogP contribution in [0, 0.1) is 12.8 Å². The van der Waals surface area contributed by atoms with Crippen molar-refractivity contribution in [3.63, 3.8) is 0 Å². The van der Waals surface area contributed by atoms with Crippen LogP contribution in [0.2, 0.25) is 0 Å². The van der Waals surface area contributed by atoms with Crippen molar-refractivity contribution in [2.75, 3.05) is 0 Å². The van der Waals surface area contributed by atoms with Gasteiger partial charge in [0, 0.05) is 12.1 Å². The highest BCUT2D eigenvalue weighted by Crippen LogP contribution is 2.21. The van der Waals surface area contributed by atoms with Crippen molar-refractivity contribution in [1.82, 2.24) is 14.8 Å². The minimum atomic E-state index is 0.596. The van der Waals surface area contributed by atoms with E-state index in [4.69, 9.17) is 0 Å². The van der Waals surface area contributed by atoms with Crippen LogP contribution in [-0.4, -0.2) is 14.8 Å². The Kier molecular flexibility index (Phi) is 3.04. The van der Waals surface area contributed by atoms with Gasteiger partial charge in [-0.2, -0.15) is 0 Å². The van der Waals surface area contributed by atoms with Crippen molar-refractivity contribution in [1.29, 1.82) is 0 Å². The summed E-state index contributed by atoms with van der Waals surface area (Å²) < 4.78 is 2.12. The van der Waals surface area contributed by atoms with Crippen molar-refractivity contribution in [2.24, 2.45) is 5.92 Å². The second kappa shape index (κ2) is 4.47. The molecule has 0 saturated carbocycles. The Morgan fingerprint density at radius 2 is 2.00 bits per heavy atom. The maximum atomic E-state index is 4.21. The molecular weight excluding hydrogens is 198 g/mol. The Hall–Kier alpha value is -1.64. The smallest absolute Gasteiger partial charge is 0.164 e. The summed E-state index contributed by atoms with van der Waals surface area (Å²) in [6.07, 6.45) is 1.81. The molecule has 84 valence electrons. The summed E-state index contributed by atoms with van der Waals surface area (Å²) in [5.74, 6) is 1.56. The normalized spacial score (nSPS) is 11.0. The van der Waals surface area contributed by atoms with E-state index in [-0.39, 0.29) is 0 Å². The summed E-state index contributed by atoms with van der Waals surface area (Å²) in [6, 6.07) is 8.28. The number of hydrogen-bond acceptors (Lipinski definition) is 2. The van der Waals surface area contributed by atoms with Crippen LogP contribution in [0.15, 0.2) is 30.6 Å². The van der Waals surface area contributed by atoms with Gasteiger partial charge in [0.25, 0.3) is 0 Å². The summed E-state index contributed by atoms with van der Waals surface area (Å²) in [4.78, 5) is 0. The maximum absolute atomic E-state index is 4.21. The molecule has 0 unspecified atom stereocenters. The van der Waals surface area contributed by atoms with E-state index in [2.05, 4.69) is 47.7 Å². The molecular formula is C13H17N3. The lowest BCUT2D eigenvalue weighted by Gasteiger charge is -2.10. The zero-order valence-electron chi connectivity index (χ0n) is 10.0. The van der Waals surface area contributed by atoms with Gasteiger partial charge in [-0.1, -0.05) is 38.1 Å². The van der Waals surface area contributed by atoms with Crippen LogP contribution in [0.3, 0.4) is 0 Å². The van der Waals surface area contributed by atoms with Gasteiger partial charge in [0.15, 0.2) is 5.82 Å². The molecule has 0 N–H and O–H groups in total. The van der Waals surface area contributed by atoms with E-state index in [1.165, 1.54) is 11.1 Å². The Balaban J connectivity index is 2.41. The van der Waals surface area contributed by atoms with Crippen molar-refractivity contribution < 1.29 is 0 Å². The highest BCUT2D eigenvalue weighted by Gasteiger charge is 2.09. The molecule has 0 aliphatic rings. The van der Waals surface area contributed by atoms with Gasteiger partial charge in [0.2, 0.25) is 0 Å². The molecule has 0 amide bonds. The highest BCUT2D eigenvalue weighted by atomic mass is 15.3. The second-order valence-electron chi connectivity index (χ2n) is 4.52. The fourth-order valence-corrected chi connectivity index (χ4v) is 1.81. The molecule has 0 spiro atoms. The summed E-state index contributed by atoms with van der Waals surface area (Å²) in [5.41, 5.74) is 2.40. The zero-order chi connectivity index (χ0) is 11.5. The molecule has 16 heavy (non-hydrogen) atoms. The first-order chi connectivity index (χ1) is 7.68. The topological polar surface area (TPSA) is 30.7 Å². The summed E-state index contributed by atoms with van der Waals surface area (Å²) in [7, 11) is 0. The van der Waals surface area contributed by atoms with E-state index < -0.39 is 0 Å². The monoisotopic (exact) mass is 215 g/mol. The molecule has 0 aliphatic heterocycles. The van der Waals surface area contributed by atoms with Gasteiger partial charge in [-0.25, -0.2) is 0 Å². The van der Waals surface area contributed by atoms with Crippen molar-refractivity contribution in [2.45, 2.75) is 27.3 Å². The van der Waals surface area contributed by atoms with Gasteiger partial charge in [0.05, 0.1) is 0 Å². The van der Waals surface area contributed by atoms with Crippen LogP contribution in [-0.2, 0) is 6.54 Å². The Bertz CT molecular complexity index is 472. The molecule has 3 nitrogen and oxygen atoms in total. The average Bonchev–Trinajstić information content (AvgIpc) is 2.66. The third-order valence-corrected chi connectivity index (χ3v) is 2.56. The first-order valence-corrected chi connectivity index (χ1v) is 5.62. The van der Waals surface area contributed by atoms with Crippen LogP contribution < -0.4 is 0 Å². The quantitative estimate of drug-likeness (QED) is 0.788. The van der Waals surface area contributed by atoms with Gasteiger partial charge < -0.3 is 4.57 Å². The molecule has 0 atom stereocenters. The Labute approximate surface area is 96.1 Å². The van der Waals surface area contributed by atoms with E-state index in [1.807, 2.05) is 18.5 Å². The fraction of sp³-hybridized carbons (Fsp3) is 0.385. The Morgan fingerprint density at radius 3 is 2.69 bits per heavy atom. The zero-order valence-corrected chi connectivity index (χ0v) is 10.0. The minimum Gasteiger partial charge on any atom is -0.313 e. The lowest BCUT2D eigenvalue weighted by atomic mass is 10.1. The molecule has 0 fully saturated rings. The number of aromatic nitrogens is 3. The lowest BCUT2D eigenvalue weighted by Crippen LogP contribution is -2.05. The average molecular weight is 215 g/mol. The van der Waals surface area contributed by atoms with E-state index in [1.54, 1.807) is 0 Å². The number of benzene rings is 1. The summed E-state index contributed by atoms with van der Waals surface area (Å²) in [6.45, 7) is 7.45. The molecule has 3 heteroatoms. The van der Waals surface area contributed by atoms with Gasteiger partial charge in [-0.15, -0.1) is 10.2 Å². The number of hydrogen-bond donors (Lipinski definition) is 0. The van der Waals surface area contributed by atoms with Crippen LogP contribution in [0.1, 0.15) is 19.4 Å².